The molecule has 6 nitrogen and oxygen atoms in total. The molecule has 128 valence electrons. The van der Waals surface area contributed by atoms with Crippen molar-refractivity contribution in [2.75, 3.05) is 6.54 Å². The fourth-order valence-corrected chi connectivity index (χ4v) is 2.98. The van der Waals surface area contributed by atoms with Crippen LogP contribution >= 0.6 is 11.8 Å². The SMILES string of the molecule is O=C(CN1C(=O)S/C(=C\c2ccc(F)cc2)C1=O)NCc1ccco1. The Hall–Kier alpha value is -2.87. The summed E-state index contributed by atoms with van der Waals surface area (Å²) < 4.78 is 18.0. The highest BCUT2D eigenvalue weighted by Gasteiger charge is 2.36. The molecule has 3 rings (SSSR count). The van der Waals surface area contributed by atoms with Gasteiger partial charge in [0.05, 0.1) is 17.7 Å². The lowest BCUT2D eigenvalue weighted by Crippen LogP contribution is -2.39. The quantitative estimate of drug-likeness (QED) is 0.830. The van der Waals surface area contributed by atoms with E-state index in [-0.39, 0.29) is 18.0 Å². The van der Waals surface area contributed by atoms with Gasteiger partial charge in [-0.15, -0.1) is 0 Å². The van der Waals surface area contributed by atoms with Gasteiger partial charge in [0.2, 0.25) is 5.91 Å². The molecule has 8 heteroatoms. The molecule has 0 saturated carbocycles. The lowest BCUT2D eigenvalue weighted by atomic mass is 10.2. The van der Waals surface area contributed by atoms with Gasteiger partial charge in [0.1, 0.15) is 18.1 Å². The van der Waals surface area contributed by atoms with E-state index in [4.69, 9.17) is 4.42 Å². The molecule has 1 aromatic heterocycles. The fourth-order valence-electron chi connectivity index (χ4n) is 2.15. The first-order valence-electron chi connectivity index (χ1n) is 7.33. The summed E-state index contributed by atoms with van der Waals surface area (Å²) in [6.45, 7) is -0.195. The normalized spacial score (nSPS) is 15.9. The Kier molecular flexibility index (Phi) is 4.99. The number of amides is 3. The van der Waals surface area contributed by atoms with E-state index in [9.17, 15) is 18.8 Å². The zero-order chi connectivity index (χ0) is 17.8. The summed E-state index contributed by atoms with van der Waals surface area (Å²) in [5.41, 5.74) is 0.592. The van der Waals surface area contributed by atoms with Crippen molar-refractivity contribution in [2.24, 2.45) is 0 Å². The molecule has 1 fully saturated rings. The van der Waals surface area contributed by atoms with Gasteiger partial charge in [0.15, 0.2) is 0 Å². The second kappa shape index (κ2) is 7.35. The number of furan rings is 1. The summed E-state index contributed by atoms with van der Waals surface area (Å²) in [7, 11) is 0. The average molecular weight is 360 g/mol. The molecular weight excluding hydrogens is 347 g/mol. The van der Waals surface area contributed by atoms with Crippen molar-refractivity contribution >= 4 is 34.9 Å². The van der Waals surface area contributed by atoms with E-state index in [2.05, 4.69) is 5.32 Å². The van der Waals surface area contributed by atoms with E-state index >= 15 is 0 Å². The molecule has 2 heterocycles. The number of nitrogens with one attached hydrogen (secondary N) is 1. The van der Waals surface area contributed by atoms with E-state index in [0.717, 1.165) is 16.7 Å². The van der Waals surface area contributed by atoms with Gasteiger partial charge in [-0.05, 0) is 47.7 Å². The molecule has 25 heavy (non-hydrogen) atoms. The summed E-state index contributed by atoms with van der Waals surface area (Å²) in [5.74, 6) is -0.841. The van der Waals surface area contributed by atoms with Crippen molar-refractivity contribution in [2.45, 2.75) is 6.54 Å². The number of carbonyl (C=O) groups is 3. The number of benzene rings is 1. The minimum Gasteiger partial charge on any atom is -0.467 e. The lowest BCUT2D eigenvalue weighted by Gasteiger charge is -2.11. The second-order valence-electron chi connectivity index (χ2n) is 5.18. The fraction of sp³-hybridized carbons (Fsp3) is 0.118. The average Bonchev–Trinajstić information content (AvgIpc) is 3.19. The van der Waals surface area contributed by atoms with Crippen LogP contribution in [0.5, 0.6) is 0 Å². The number of hydrogen-bond acceptors (Lipinski definition) is 5. The lowest BCUT2D eigenvalue weighted by molar-refractivity contribution is -0.129. The molecule has 0 bridgehead atoms. The Morgan fingerprint density at radius 2 is 2.00 bits per heavy atom. The Bertz CT molecular complexity index is 831. The molecule has 1 saturated heterocycles. The Balaban J connectivity index is 1.62. The van der Waals surface area contributed by atoms with Crippen LogP contribution in [0.25, 0.3) is 6.08 Å². The predicted molar refractivity (Wildman–Crippen MR) is 89.6 cm³/mol. The van der Waals surface area contributed by atoms with Crippen molar-refractivity contribution in [3.63, 3.8) is 0 Å². The second-order valence-corrected chi connectivity index (χ2v) is 6.17. The van der Waals surface area contributed by atoms with Crippen molar-refractivity contribution in [3.8, 4) is 0 Å². The zero-order valence-electron chi connectivity index (χ0n) is 12.9. The van der Waals surface area contributed by atoms with Gasteiger partial charge in [0, 0.05) is 0 Å². The number of imide groups is 1. The third-order valence-electron chi connectivity index (χ3n) is 3.38. The van der Waals surface area contributed by atoms with Crippen LogP contribution in [-0.2, 0) is 16.1 Å². The number of halogens is 1. The highest BCUT2D eigenvalue weighted by Crippen LogP contribution is 2.31. The molecule has 0 spiro atoms. The van der Waals surface area contributed by atoms with Gasteiger partial charge in [-0.2, -0.15) is 0 Å². The van der Waals surface area contributed by atoms with Gasteiger partial charge in [-0.1, -0.05) is 12.1 Å². The number of carbonyl (C=O) groups excluding carboxylic acids is 3. The number of hydrogen-bond donors (Lipinski definition) is 1. The monoisotopic (exact) mass is 360 g/mol. The van der Waals surface area contributed by atoms with E-state index < -0.39 is 22.9 Å². The molecule has 1 aliphatic rings. The van der Waals surface area contributed by atoms with Gasteiger partial charge < -0.3 is 9.73 Å². The molecular formula is C17H13FN2O4S. The number of nitrogens with zero attached hydrogens (tertiary/aromatic N) is 1. The summed E-state index contributed by atoms with van der Waals surface area (Å²) in [4.78, 5) is 37.3. The van der Waals surface area contributed by atoms with E-state index in [1.807, 2.05) is 0 Å². The van der Waals surface area contributed by atoms with E-state index in [1.54, 1.807) is 12.1 Å². The Morgan fingerprint density at radius 1 is 1.24 bits per heavy atom. The minimum atomic E-state index is -0.549. The molecule has 0 aliphatic carbocycles. The first-order chi connectivity index (χ1) is 12.0. The maximum absolute atomic E-state index is 12.9. The van der Waals surface area contributed by atoms with Crippen LogP contribution in [0.15, 0.2) is 52.0 Å². The number of thioether (sulfide) groups is 1. The van der Waals surface area contributed by atoms with Crippen LogP contribution in [0.1, 0.15) is 11.3 Å². The third kappa shape index (κ3) is 4.16. The van der Waals surface area contributed by atoms with Crippen LogP contribution in [-0.4, -0.2) is 28.5 Å². The molecule has 0 atom stereocenters. The van der Waals surface area contributed by atoms with Gasteiger partial charge >= 0.3 is 0 Å². The topological polar surface area (TPSA) is 79.6 Å². The van der Waals surface area contributed by atoms with E-state index in [0.29, 0.717) is 11.3 Å². The molecule has 0 unspecified atom stereocenters. The molecule has 3 amide bonds. The van der Waals surface area contributed by atoms with Gasteiger partial charge in [-0.25, -0.2) is 4.39 Å². The van der Waals surface area contributed by atoms with Crippen LogP contribution < -0.4 is 5.32 Å². The summed E-state index contributed by atoms with van der Waals surface area (Å²) in [6.07, 6.45) is 2.98. The van der Waals surface area contributed by atoms with Crippen molar-refractivity contribution in [1.82, 2.24) is 10.2 Å². The highest BCUT2D eigenvalue weighted by molar-refractivity contribution is 8.18. The third-order valence-corrected chi connectivity index (χ3v) is 4.29. The van der Waals surface area contributed by atoms with Gasteiger partial charge in [-0.3, -0.25) is 19.3 Å². The van der Waals surface area contributed by atoms with E-state index in [1.165, 1.54) is 36.6 Å². The first-order valence-corrected chi connectivity index (χ1v) is 8.14. The van der Waals surface area contributed by atoms with Crippen LogP contribution in [0, 0.1) is 5.82 Å². The largest absolute Gasteiger partial charge is 0.467 e. The number of rotatable bonds is 5. The summed E-state index contributed by atoms with van der Waals surface area (Å²) >= 11 is 0.745. The van der Waals surface area contributed by atoms with Crippen molar-refractivity contribution < 1.29 is 23.2 Å². The van der Waals surface area contributed by atoms with Crippen LogP contribution in [0.2, 0.25) is 0 Å². The summed E-state index contributed by atoms with van der Waals surface area (Å²) in [6, 6.07) is 8.92. The van der Waals surface area contributed by atoms with Crippen LogP contribution in [0.3, 0.4) is 0 Å². The first kappa shape index (κ1) is 17.0. The standard InChI is InChI=1S/C17H13FN2O4S/c18-12-5-3-11(4-6-12)8-14-16(22)20(17(23)25-14)10-15(21)19-9-13-2-1-7-24-13/h1-8H,9-10H2,(H,19,21)/b14-8-. The van der Waals surface area contributed by atoms with Crippen LogP contribution in [0.4, 0.5) is 9.18 Å². The minimum absolute atomic E-state index is 0.174. The Morgan fingerprint density at radius 3 is 2.68 bits per heavy atom. The summed E-state index contributed by atoms with van der Waals surface area (Å²) in [5, 5.41) is 2.05. The molecule has 1 aliphatic heterocycles. The highest BCUT2D eigenvalue weighted by atomic mass is 32.2. The van der Waals surface area contributed by atoms with Crippen molar-refractivity contribution in [3.05, 3.63) is 64.7 Å². The van der Waals surface area contributed by atoms with Crippen molar-refractivity contribution in [1.29, 1.82) is 0 Å². The molecule has 2 aromatic rings. The Labute approximate surface area is 146 Å². The maximum Gasteiger partial charge on any atom is 0.294 e. The predicted octanol–water partition coefficient (Wildman–Crippen LogP) is 2.77. The molecule has 1 N–H and O–H groups in total. The molecule has 0 radical (unpaired) electrons. The zero-order valence-corrected chi connectivity index (χ0v) is 13.7. The smallest absolute Gasteiger partial charge is 0.294 e. The van der Waals surface area contributed by atoms with Gasteiger partial charge in [0.25, 0.3) is 11.1 Å². The maximum atomic E-state index is 12.9. The molecule has 1 aromatic carbocycles.